The number of hydrogen-bond donors (Lipinski definition) is 0. The molecule has 2 saturated heterocycles. The molecule has 0 unspecified atom stereocenters. The van der Waals surface area contributed by atoms with E-state index in [9.17, 15) is 48.8 Å². The van der Waals surface area contributed by atoms with Crippen LogP contribution in [0.5, 0.6) is 0 Å². The summed E-state index contributed by atoms with van der Waals surface area (Å²) in [4.78, 5) is 11.8. The summed E-state index contributed by atoms with van der Waals surface area (Å²) >= 11 is 0. The zero-order valence-electron chi connectivity index (χ0n) is 25.1. The Bertz CT molecular complexity index is 1190. The average Bonchev–Trinajstić information content (AvgIpc) is 2.82. The van der Waals surface area contributed by atoms with Crippen molar-refractivity contribution in [1.82, 2.24) is 0 Å². The first-order valence-electron chi connectivity index (χ1n) is 10.9. The number of ether oxygens (including phenoxy) is 7. The summed E-state index contributed by atoms with van der Waals surface area (Å²) in [5, 5.41) is 11.8. The van der Waals surface area contributed by atoms with Gasteiger partial charge in [-0.25, -0.2) is 25.3 Å². The number of carbonyl (C=O) groups is 1. The van der Waals surface area contributed by atoms with E-state index < -0.39 is 110 Å². The van der Waals surface area contributed by atoms with Crippen molar-refractivity contribution < 1.29 is 209 Å². The van der Waals surface area contributed by atoms with Crippen LogP contribution in [0.1, 0.15) is 6.42 Å². The van der Waals surface area contributed by atoms with Gasteiger partial charge >= 0.3 is 118 Å². The molecule has 0 bridgehead atoms. The van der Waals surface area contributed by atoms with Crippen molar-refractivity contribution in [2.45, 2.75) is 67.8 Å². The summed E-state index contributed by atoms with van der Waals surface area (Å²) in [6.45, 7) is 0. The van der Waals surface area contributed by atoms with E-state index in [1.165, 1.54) is 0 Å². The van der Waals surface area contributed by atoms with Crippen molar-refractivity contribution in [2.24, 2.45) is 0 Å². The van der Waals surface area contributed by atoms with E-state index in [2.05, 4.69) is 8.37 Å². The van der Waals surface area contributed by atoms with Gasteiger partial charge in [-0.05, 0) is 6.42 Å². The Balaban J connectivity index is -0.00000420. The molecule has 236 valence electrons. The van der Waals surface area contributed by atoms with Gasteiger partial charge in [-0.3, -0.25) is 8.37 Å². The third-order valence-corrected chi connectivity index (χ3v) is 7.42. The van der Waals surface area contributed by atoms with Crippen LogP contribution in [0.4, 0.5) is 0 Å². The number of aliphatic carboxylic acids is 1. The first-order chi connectivity index (χ1) is 18.4. The first kappa shape index (κ1) is 51.2. The normalized spacial score (nSPS) is 32.6. The molecule has 0 aromatic carbocycles. The number of carboxylic acid groups (broad SMARTS) is 1. The van der Waals surface area contributed by atoms with E-state index >= 15 is 0 Å². The fraction of sp³-hybridized carbons (Fsp3) is 0.941. The van der Waals surface area contributed by atoms with Crippen LogP contribution in [-0.4, -0.2) is 140 Å². The molecule has 2 aliphatic rings. The molecule has 0 spiro atoms. The zero-order valence-corrected chi connectivity index (χ0v) is 35.5. The van der Waals surface area contributed by atoms with Crippen molar-refractivity contribution in [3.63, 3.8) is 0 Å². The topological polar surface area (TPSA) is 295 Å². The maximum Gasteiger partial charge on any atom is 1.00 e. The Morgan fingerprint density at radius 1 is 0.636 bits per heavy atom. The molecule has 2 rings (SSSR count). The average molecular weight is 739 g/mol. The Kier molecular flexibility index (Phi) is 25.5. The summed E-state index contributed by atoms with van der Waals surface area (Å²) in [7, 11) is -12.2. The molecule has 2 aliphatic heterocycles. The minimum atomic E-state index is -5.77. The van der Waals surface area contributed by atoms with E-state index in [1.54, 1.807) is 0 Å². The summed E-state index contributed by atoms with van der Waals surface area (Å²) in [5.41, 5.74) is 0. The molecule has 0 saturated carbocycles. The van der Waals surface area contributed by atoms with Crippen LogP contribution in [0.2, 0.25) is 0 Å². The van der Waals surface area contributed by atoms with E-state index in [1.807, 2.05) is 0 Å². The second kappa shape index (κ2) is 21.9. The Morgan fingerprint density at radius 3 is 1.50 bits per heavy atom. The zero-order chi connectivity index (χ0) is 30.6. The molecule has 0 radical (unpaired) electrons. The van der Waals surface area contributed by atoms with Gasteiger partial charge in [0.15, 0.2) is 18.7 Å². The van der Waals surface area contributed by atoms with Crippen molar-refractivity contribution in [2.75, 3.05) is 34.2 Å². The molecule has 0 N–H and O–H groups in total. The molecule has 20 nitrogen and oxygen atoms in total. The van der Waals surface area contributed by atoms with Gasteiger partial charge in [0, 0.05) is 34.2 Å². The Hall–Kier alpha value is 2.84. The van der Waals surface area contributed by atoms with Crippen LogP contribution in [0.15, 0.2) is 0 Å². The molecule has 0 aromatic rings. The van der Waals surface area contributed by atoms with Gasteiger partial charge in [0.05, 0.1) is 22.2 Å². The van der Waals surface area contributed by atoms with E-state index in [0.717, 1.165) is 28.4 Å². The monoisotopic (exact) mass is 738 g/mol. The second-order valence-corrected chi connectivity index (χ2v) is 11.8. The molecule has 2 heterocycles. The van der Waals surface area contributed by atoms with Crippen LogP contribution in [0, 0.1) is 0 Å². The standard InChI is InChI=1S/C17H30O20S3.4Na/c1-29-9-10(30-2)13(31-3)17(35-12(9)15(18)19)34-8-7(5-6-38(20,21)22)33-16(32-4)14(37-40(26,27)28)11(8)36-39(23,24)25;;;;/h7-14,16-17H,5-6H2,1-4H3,(H,18,19)(H,20,21,22)(H,23,24,25)(H,26,27,28);;;;/q;4*+1/p-4/t7-,8-,9+,10+,11+,12-,13-,14-,16+,17-;;;;/m1..../s1. The van der Waals surface area contributed by atoms with Crippen LogP contribution in [-0.2, 0) is 77.2 Å². The van der Waals surface area contributed by atoms with Gasteiger partial charge in [0.25, 0.3) is 0 Å². The summed E-state index contributed by atoms with van der Waals surface area (Å²) < 4.78 is 148. The van der Waals surface area contributed by atoms with Crippen LogP contribution in [0.3, 0.4) is 0 Å². The Morgan fingerprint density at radius 2 is 1.11 bits per heavy atom. The number of carboxylic acids is 1. The number of hydrogen-bond acceptors (Lipinski definition) is 20. The van der Waals surface area contributed by atoms with Gasteiger partial charge in [0.2, 0.25) is 20.8 Å². The fourth-order valence-electron chi connectivity index (χ4n) is 4.25. The molecule has 27 heteroatoms. The smallest absolute Gasteiger partial charge is 0.748 e. The first-order valence-corrected chi connectivity index (χ1v) is 15.1. The van der Waals surface area contributed by atoms with Crippen molar-refractivity contribution >= 4 is 36.9 Å². The molecule has 0 amide bonds. The Labute approximate surface area is 343 Å². The largest absolute Gasteiger partial charge is 1.00 e. The van der Waals surface area contributed by atoms with E-state index in [0.29, 0.717) is 0 Å². The predicted molar refractivity (Wildman–Crippen MR) is 115 cm³/mol. The molecule has 2 fully saturated rings. The molecule has 10 atom stereocenters. The molecular formula is C17H26Na4O20S3. The van der Waals surface area contributed by atoms with Gasteiger partial charge < -0.3 is 56.7 Å². The molecular weight excluding hydrogens is 712 g/mol. The third kappa shape index (κ3) is 15.4. The minimum Gasteiger partial charge on any atom is -0.748 e. The number of carbonyl (C=O) groups excluding carboxylic acids is 1. The minimum absolute atomic E-state index is 0. The third-order valence-electron chi connectivity index (χ3n) is 5.77. The number of rotatable bonds is 14. The summed E-state index contributed by atoms with van der Waals surface area (Å²) in [6.07, 6.45) is -19.5. The summed E-state index contributed by atoms with van der Waals surface area (Å²) in [5.74, 6) is -3.01. The fourth-order valence-corrected chi connectivity index (χ4v) is 5.73. The SMILES string of the molecule is CO[C@H]1O[C@H](CCS(=O)(=O)[O-])[C@@H](O[C@@H]2O[C@@H](C(=O)[O-])[C@@H](OC)[C@H](OC)[C@H]2OC)[C@H](OS(=O)(=O)[O-])[C@H]1OS(=O)(=O)[O-].[Na+].[Na+].[Na+].[Na+]. The second-order valence-electron chi connectivity index (χ2n) is 8.21. The van der Waals surface area contributed by atoms with Gasteiger partial charge in [-0.1, -0.05) is 0 Å². The van der Waals surface area contributed by atoms with Crippen molar-refractivity contribution in [3.05, 3.63) is 0 Å². The van der Waals surface area contributed by atoms with Crippen LogP contribution in [0.25, 0.3) is 0 Å². The maximum absolute atomic E-state index is 11.8. The van der Waals surface area contributed by atoms with Crippen LogP contribution < -0.4 is 123 Å². The quantitative estimate of drug-likeness (QED) is 0.0907. The van der Waals surface area contributed by atoms with Crippen molar-refractivity contribution in [3.8, 4) is 0 Å². The maximum atomic E-state index is 11.8. The van der Waals surface area contributed by atoms with Gasteiger partial charge in [-0.15, -0.1) is 0 Å². The van der Waals surface area contributed by atoms with E-state index in [-0.39, 0.29) is 118 Å². The van der Waals surface area contributed by atoms with Crippen molar-refractivity contribution in [1.29, 1.82) is 0 Å². The van der Waals surface area contributed by atoms with E-state index in [4.69, 9.17) is 33.2 Å². The molecule has 44 heavy (non-hydrogen) atoms. The van der Waals surface area contributed by atoms with Gasteiger partial charge in [0.1, 0.15) is 36.6 Å². The molecule has 0 aliphatic carbocycles. The van der Waals surface area contributed by atoms with Crippen LogP contribution >= 0.6 is 0 Å². The predicted octanol–water partition coefficient (Wildman–Crippen LogP) is -17.1. The number of methoxy groups -OCH3 is 4. The van der Waals surface area contributed by atoms with Gasteiger partial charge in [-0.2, -0.15) is 0 Å². The summed E-state index contributed by atoms with van der Waals surface area (Å²) in [6, 6.07) is 0. The molecule has 0 aromatic heterocycles.